The number of aromatic amines is 1. The number of nitrogens with one attached hydrogen (secondary N) is 1. The Morgan fingerprint density at radius 3 is 2.40 bits per heavy atom. The van der Waals surface area contributed by atoms with E-state index in [1.807, 2.05) is 6.07 Å². The van der Waals surface area contributed by atoms with E-state index >= 15 is 0 Å². The third-order valence-corrected chi connectivity index (χ3v) is 5.51. The van der Waals surface area contributed by atoms with Crippen molar-refractivity contribution < 1.29 is 23.5 Å². The van der Waals surface area contributed by atoms with Crippen LogP contribution in [0.5, 0.6) is 0 Å². The summed E-state index contributed by atoms with van der Waals surface area (Å²) in [5, 5.41) is 10.0. The average molecular weight is 474 g/mol. The summed E-state index contributed by atoms with van der Waals surface area (Å²) >= 11 is 0. The van der Waals surface area contributed by atoms with Crippen LogP contribution in [0, 0.1) is 11.3 Å². The number of benzene rings is 2. The number of fused-ring (bicyclic) bond motifs is 1. The molecule has 3 N–H and O–H groups in total. The van der Waals surface area contributed by atoms with Crippen molar-refractivity contribution in [1.29, 1.82) is 5.26 Å². The zero-order valence-corrected chi connectivity index (χ0v) is 18.5. The number of nitriles is 1. The molecule has 11 heteroatoms. The fourth-order valence-electron chi connectivity index (χ4n) is 4.01. The van der Waals surface area contributed by atoms with Gasteiger partial charge in [0.25, 0.3) is 0 Å². The first-order chi connectivity index (χ1) is 16.8. The van der Waals surface area contributed by atoms with Gasteiger partial charge in [-0.2, -0.15) is 5.26 Å². The summed E-state index contributed by atoms with van der Waals surface area (Å²) in [7, 11) is 2.27. The summed E-state index contributed by atoms with van der Waals surface area (Å²) < 4.78 is 14.5. The first kappa shape index (κ1) is 23.1. The van der Waals surface area contributed by atoms with Crippen LogP contribution < -0.4 is 22.0 Å². The molecule has 11 nitrogen and oxygen atoms in total. The molecule has 1 unspecified atom stereocenters. The van der Waals surface area contributed by atoms with Gasteiger partial charge in [-0.05, 0) is 23.8 Å². The molecule has 3 aromatic rings. The van der Waals surface area contributed by atoms with Gasteiger partial charge in [-0.3, -0.25) is 9.88 Å². The van der Waals surface area contributed by atoms with Gasteiger partial charge in [0, 0.05) is 5.69 Å². The minimum atomic E-state index is -1.03. The summed E-state index contributed by atoms with van der Waals surface area (Å²) in [6.07, 6.45) is 0. The molecule has 0 aliphatic carbocycles. The highest BCUT2D eigenvalue weighted by atomic mass is 16.5. The summed E-state index contributed by atoms with van der Waals surface area (Å²) in [4.78, 5) is 53.4. The minimum Gasteiger partial charge on any atom is -0.466 e. The number of hydrogen-bond donors (Lipinski definition) is 2. The monoisotopic (exact) mass is 474 g/mol. The van der Waals surface area contributed by atoms with Gasteiger partial charge in [0.15, 0.2) is 0 Å². The van der Waals surface area contributed by atoms with Crippen molar-refractivity contribution in [2.75, 3.05) is 19.1 Å². The predicted molar refractivity (Wildman–Crippen MR) is 123 cm³/mol. The highest BCUT2D eigenvalue weighted by molar-refractivity contribution is 6.06. The summed E-state index contributed by atoms with van der Waals surface area (Å²) in [5.41, 5.74) is 5.82. The van der Waals surface area contributed by atoms with Crippen molar-refractivity contribution in [3.8, 4) is 6.07 Å². The molecule has 0 spiro atoms. The normalized spacial score (nSPS) is 15.7. The Bertz CT molecular complexity index is 1580. The molecular weight excluding hydrogens is 456 g/mol. The maximum atomic E-state index is 13.1. The Labute approximate surface area is 197 Å². The molecule has 0 saturated carbocycles. The number of carbonyl (C=O) groups excluding carboxylic acids is 2. The third-order valence-electron chi connectivity index (χ3n) is 5.51. The molecule has 1 atom stereocenters. The number of nitrogens with two attached hydrogens (primary N) is 1. The van der Waals surface area contributed by atoms with Gasteiger partial charge in [0.1, 0.15) is 11.5 Å². The van der Waals surface area contributed by atoms with Crippen LogP contribution in [0.25, 0.3) is 10.9 Å². The number of carbonyl (C=O) groups is 2. The SMILES string of the molecule is COC(=O)C1=C(C(=O)OC)N(c2ccc3[nH]c(=O)oc(=O)c3c2)C(N)=C(C#N)C1c1ccccc1. The third kappa shape index (κ3) is 3.83. The Morgan fingerprint density at radius 2 is 1.77 bits per heavy atom. The van der Waals surface area contributed by atoms with Crippen molar-refractivity contribution in [1.82, 2.24) is 4.98 Å². The number of esters is 2. The number of allylic oxidation sites excluding steroid dienone is 1. The summed E-state index contributed by atoms with van der Waals surface area (Å²) in [5.74, 6) is -3.94. The van der Waals surface area contributed by atoms with E-state index in [1.165, 1.54) is 18.2 Å². The number of aromatic nitrogens is 1. The van der Waals surface area contributed by atoms with E-state index in [0.717, 1.165) is 19.1 Å². The molecule has 0 bridgehead atoms. The molecule has 2 heterocycles. The Kier molecular flexibility index (Phi) is 5.95. The first-order valence-corrected chi connectivity index (χ1v) is 10.1. The average Bonchev–Trinajstić information content (AvgIpc) is 2.87. The molecule has 0 amide bonds. The quantitative estimate of drug-likeness (QED) is 0.527. The fraction of sp³-hybridized carbons (Fsp3) is 0.125. The number of hydrogen-bond acceptors (Lipinski definition) is 10. The van der Waals surface area contributed by atoms with Crippen molar-refractivity contribution >= 4 is 28.5 Å². The molecule has 176 valence electrons. The van der Waals surface area contributed by atoms with Gasteiger partial charge >= 0.3 is 23.3 Å². The maximum Gasteiger partial charge on any atom is 0.419 e. The number of H-pyrrole nitrogens is 1. The Morgan fingerprint density at radius 1 is 1.09 bits per heavy atom. The highest BCUT2D eigenvalue weighted by Gasteiger charge is 2.43. The van der Waals surface area contributed by atoms with Gasteiger partial charge in [-0.15, -0.1) is 0 Å². The highest BCUT2D eigenvalue weighted by Crippen LogP contribution is 2.43. The van der Waals surface area contributed by atoms with Crippen molar-refractivity contribution in [2.24, 2.45) is 5.73 Å². The van der Waals surface area contributed by atoms with E-state index in [2.05, 4.69) is 9.40 Å². The lowest BCUT2D eigenvalue weighted by molar-refractivity contribution is -0.139. The zero-order chi connectivity index (χ0) is 25.3. The van der Waals surface area contributed by atoms with Crippen LogP contribution in [0.3, 0.4) is 0 Å². The van der Waals surface area contributed by atoms with Gasteiger partial charge in [0.05, 0.1) is 48.3 Å². The lowest BCUT2D eigenvalue weighted by atomic mass is 9.81. The van der Waals surface area contributed by atoms with E-state index in [9.17, 15) is 24.4 Å². The molecule has 4 rings (SSSR count). The van der Waals surface area contributed by atoms with Crippen molar-refractivity contribution in [3.05, 3.63) is 97.7 Å². The number of rotatable bonds is 4. The molecule has 1 aliphatic heterocycles. The second-order valence-corrected chi connectivity index (χ2v) is 7.37. The molecule has 0 saturated heterocycles. The van der Waals surface area contributed by atoms with Crippen molar-refractivity contribution in [3.63, 3.8) is 0 Å². The topological polar surface area (TPSA) is 169 Å². The van der Waals surface area contributed by atoms with Gasteiger partial charge < -0.3 is 19.6 Å². The summed E-state index contributed by atoms with van der Waals surface area (Å²) in [6.45, 7) is 0. The van der Waals surface area contributed by atoms with Crippen LogP contribution in [0.4, 0.5) is 5.69 Å². The van der Waals surface area contributed by atoms with E-state index in [-0.39, 0.29) is 39.3 Å². The lowest BCUT2D eigenvalue weighted by Gasteiger charge is -2.35. The number of anilines is 1. The van der Waals surface area contributed by atoms with Gasteiger partial charge in [0.2, 0.25) is 0 Å². The van der Waals surface area contributed by atoms with E-state index < -0.39 is 29.2 Å². The number of nitrogens with zero attached hydrogens (tertiary/aromatic N) is 2. The molecule has 0 radical (unpaired) electrons. The van der Waals surface area contributed by atoms with E-state index in [4.69, 9.17) is 15.2 Å². The standard InChI is InChI=1S/C24H18N4O7/c1-33-22(30)18-17(12-6-4-3-5-7-12)15(11-25)20(26)28(19(18)23(31)34-2)13-8-9-16-14(10-13)21(29)35-24(32)27-16/h3-10,17H,26H2,1-2H3,(H,27,32). The Hall–Kier alpha value is -5.11. The smallest absolute Gasteiger partial charge is 0.419 e. The van der Waals surface area contributed by atoms with Crippen LogP contribution in [0.1, 0.15) is 11.5 Å². The van der Waals surface area contributed by atoms with Crippen LogP contribution in [0.15, 0.2) is 85.2 Å². The second kappa shape index (κ2) is 9.03. The van der Waals surface area contributed by atoms with Gasteiger partial charge in [-0.25, -0.2) is 19.2 Å². The van der Waals surface area contributed by atoms with Crippen LogP contribution in [-0.4, -0.2) is 31.1 Å². The molecule has 1 aromatic heterocycles. The van der Waals surface area contributed by atoms with Crippen LogP contribution in [0.2, 0.25) is 0 Å². The van der Waals surface area contributed by atoms with Gasteiger partial charge in [-0.1, -0.05) is 30.3 Å². The molecule has 1 aliphatic rings. The van der Waals surface area contributed by atoms with E-state index in [1.54, 1.807) is 30.3 Å². The maximum absolute atomic E-state index is 13.1. The molecule has 35 heavy (non-hydrogen) atoms. The molecule has 2 aromatic carbocycles. The fourth-order valence-corrected chi connectivity index (χ4v) is 4.01. The predicted octanol–water partition coefficient (Wildman–Crippen LogP) is 1.38. The van der Waals surface area contributed by atoms with Crippen molar-refractivity contribution in [2.45, 2.75) is 5.92 Å². The van der Waals surface area contributed by atoms with Crippen LogP contribution >= 0.6 is 0 Å². The zero-order valence-electron chi connectivity index (χ0n) is 18.5. The summed E-state index contributed by atoms with van der Waals surface area (Å²) in [6, 6.07) is 14.7. The largest absolute Gasteiger partial charge is 0.466 e. The Balaban J connectivity index is 2.09. The van der Waals surface area contributed by atoms with Crippen LogP contribution in [-0.2, 0) is 19.1 Å². The number of ether oxygens (including phenoxy) is 2. The first-order valence-electron chi connectivity index (χ1n) is 10.1. The number of methoxy groups -OCH3 is 2. The second-order valence-electron chi connectivity index (χ2n) is 7.37. The van der Waals surface area contributed by atoms with E-state index in [0.29, 0.717) is 5.56 Å². The lowest BCUT2D eigenvalue weighted by Crippen LogP contribution is -2.40. The molecule has 0 fully saturated rings. The molecular formula is C24H18N4O7. The minimum absolute atomic E-state index is 0.0255.